The van der Waals surface area contributed by atoms with Crippen LogP contribution in [0.2, 0.25) is 0 Å². The molecule has 1 aromatic heterocycles. The summed E-state index contributed by atoms with van der Waals surface area (Å²) in [5.74, 6) is 0.221. The van der Waals surface area contributed by atoms with E-state index < -0.39 is 0 Å². The molecule has 0 unspecified atom stereocenters. The molecule has 2 aromatic rings. The Morgan fingerprint density at radius 2 is 1.90 bits per heavy atom. The number of thiophene rings is 1. The quantitative estimate of drug-likeness (QED) is 0.808. The van der Waals surface area contributed by atoms with Gasteiger partial charge in [0, 0.05) is 25.0 Å². The summed E-state index contributed by atoms with van der Waals surface area (Å²) < 4.78 is 0. The molecule has 0 bridgehead atoms. The molecule has 110 valence electrons. The first kappa shape index (κ1) is 14.1. The average Bonchev–Trinajstić information content (AvgIpc) is 2.99. The molecule has 0 saturated carbocycles. The van der Waals surface area contributed by atoms with Gasteiger partial charge >= 0.3 is 0 Å². The van der Waals surface area contributed by atoms with Crippen LogP contribution in [0.25, 0.3) is 0 Å². The highest BCUT2D eigenvalue weighted by Crippen LogP contribution is 2.32. The molecule has 4 heteroatoms. The van der Waals surface area contributed by atoms with Gasteiger partial charge in [-0.2, -0.15) is 0 Å². The molecular formula is C17H20N2OS. The number of benzene rings is 1. The number of ketones is 1. The largest absolute Gasteiger partial charge is 0.371 e. The molecule has 0 N–H and O–H groups in total. The summed E-state index contributed by atoms with van der Waals surface area (Å²) in [7, 11) is 2.10. The average molecular weight is 300 g/mol. The van der Waals surface area contributed by atoms with E-state index in [1.165, 1.54) is 10.6 Å². The fourth-order valence-corrected chi connectivity index (χ4v) is 3.58. The van der Waals surface area contributed by atoms with Crippen LogP contribution in [-0.2, 0) is 6.42 Å². The second-order valence-electron chi connectivity index (χ2n) is 5.37. The summed E-state index contributed by atoms with van der Waals surface area (Å²) in [5.41, 5.74) is 2.36. The molecule has 0 atom stereocenters. The topological polar surface area (TPSA) is 23.6 Å². The maximum absolute atomic E-state index is 12.5. The molecule has 1 aliphatic rings. The lowest BCUT2D eigenvalue weighted by Crippen LogP contribution is -2.41. The second-order valence-corrected chi connectivity index (χ2v) is 6.54. The molecule has 0 spiro atoms. The van der Waals surface area contributed by atoms with E-state index in [1.54, 1.807) is 11.3 Å². The van der Waals surface area contributed by atoms with Gasteiger partial charge in [-0.25, -0.2) is 0 Å². The number of rotatable bonds is 4. The van der Waals surface area contributed by atoms with E-state index in [1.807, 2.05) is 18.2 Å². The Bertz CT molecular complexity index is 650. The van der Waals surface area contributed by atoms with E-state index in [0.717, 1.165) is 30.1 Å². The molecule has 0 aliphatic carbocycles. The number of carbonyl (C=O) groups excluding carboxylic acids is 1. The van der Waals surface area contributed by atoms with Crippen molar-refractivity contribution >= 4 is 28.5 Å². The highest BCUT2D eigenvalue weighted by molar-refractivity contribution is 7.14. The zero-order chi connectivity index (χ0) is 14.8. The second kappa shape index (κ2) is 5.90. The maximum Gasteiger partial charge on any atom is 0.191 e. The zero-order valence-corrected chi connectivity index (χ0v) is 13.3. The summed E-state index contributed by atoms with van der Waals surface area (Å²) >= 11 is 1.62. The Labute approximate surface area is 129 Å². The Morgan fingerprint density at radius 1 is 1.14 bits per heavy atom. The Balaban J connectivity index is 1.79. The van der Waals surface area contributed by atoms with Gasteiger partial charge in [-0.05, 0) is 30.7 Å². The standard InChI is InChI=1S/C17H20N2OS/c1-3-13-8-9-17(21-13)16(20)12-19-11-10-18(2)14-6-4-5-7-15(14)19/h4-9H,3,10-12H2,1-2H3. The van der Waals surface area contributed by atoms with Crippen LogP contribution in [0, 0.1) is 0 Å². The fraction of sp³-hybridized carbons (Fsp3) is 0.353. The summed E-state index contributed by atoms with van der Waals surface area (Å²) in [6.45, 7) is 4.44. The van der Waals surface area contributed by atoms with Gasteiger partial charge in [-0.3, -0.25) is 4.79 Å². The normalized spacial score (nSPS) is 14.2. The van der Waals surface area contributed by atoms with E-state index in [4.69, 9.17) is 0 Å². The van der Waals surface area contributed by atoms with Crippen molar-refractivity contribution in [3.63, 3.8) is 0 Å². The lowest BCUT2D eigenvalue weighted by molar-refractivity contribution is 0.100. The molecule has 1 aromatic carbocycles. The number of anilines is 2. The first-order valence-corrected chi connectivity index (χ1v) is 8.17. The van der Waals surface area contributed by atoms with Crippen LogP contribution in [0.1, 0.15) is 21.5 Å². The minimum Gasteiger partial charge on any atom is -0.371 e. The first-order valence-electron chi connectivity index (χ1n) is 7.36. The van der Waals surface area contributed by atoms with Crippen LogP contribution in [-0.4, -0.2) is 32.5 Å². The van der Waals surface area contributed by atoms with Gasteiger partial charge in [0.15, 0.2) is 5.78 Å². The van der Waals surface area contributed by atoms with Crippen LogP contribution in [0.15, 0.2) is 36.4 Å². The minimum atomic E-state index is 0.221. The van der Waals surface area contributed by atoms with Crippen LogP contribution in [0.5, 0.6) is 0 Å². The Kier molecular flexibility index (Phi) is 3.97. The van der Waals surface area contributed by atoms with E-state index in [0.29, 0.717) is 6.54 Å². The molecule has 3 nitrogen and oxygen atoms in total. The van der Waals surface area contributed by atoms with Gasteiger partial charge in [0.05, 0.1) is 22.8 Å². The van der Waals surface area contributed by atoms with E-state index in [9.17, 15) is 4.79 Å². The summed E-state index contributed by atoms with van der Waals surface area (Å²) in [6.07, 6.45) is 0.995. The number of hydrogen-bond donors (Lipinski definition) is 0. The van der Waals surface area contributed by atoms with Crippen molar-refractivity contribution in [1.82, 2.24) is 0 Å². The van der Waals surface area contributed by atoms with Gasteiger partial charge in [0.25, 0.3) is 0 Å². The van der Waals surface area contributed by atoms with Crippen molar-refractivity contribution in [3.05, 3.63) is 46.2 Å². The van der Waals surface area contributed by atoms with Crippen LogP contribution in [0.4, 0.5) is 11.4 Å². The molecule has 1 aliphatic heterocycles. The number of para-hydroxylation sites is 2. The fourth-order valence-electron chi connectivity index (χ4n) is 2.70. The molecule has 3 rings (SSSR count). The molecule has 0 amide bonds. The lowest BCUT2D eigenvalue weighted by atomic mass is 10.1. The SMILES string of the molecule is CCc1ccc(C(=O)CN2CCN(C)c3ccccc32)s1. The molecular weight excluding hydrogens is 280 g/mol. The minimum absolute atomic E-state index is 0.221. The number of fused-ring (bicyclic) bond motifs is 1. The zero-order valence-electron chi connectivity index (χ0n) is 12.5. The third kappa shape index (κ3) is 2.81. The predicted octanol–water partition coefficient (Wildman–Crippen LogP) is 3.45. The smallest absolute Gasteiger partial charge is 0.191 e. The van der Waals surface area contributed by atoms with Gasteiger partial charge in [-0.1, -0.05) is 19.1 Å². The van der Waals surface area contributed by atoms with E-state index in [-0.39, 0.29) is 5.78 Å². The number of Topliss-reactive ketones (excluding diaryl/α,β-unsaturated/α-hetero) is 1. The van der Waals surface area contributed by atoms with Gasteiger partial charge < -0.3 is 9.80 Å². The summed E-state index contributed by atoms with van der Waals surface area (Å²) in [4.78, 5) is 19.1. The first-order chi connectivity index (χ1) is 10.2. The predicted molar refractivity (Wildman–Crippen MR) is 90.0 cm³/mol. The van der Waals surface area contributed by atoms with Gasteiger partial charge in [0.2, 0.25) is 0 Å². The Morgan fingerprint density at radius 3 is 2.62 bits per heavy atom. The Hall–Kier alpha value is -1.81. The number of carbonyl (C=O) groups is 1. The maximum atomic E-state index is 12.5. The van der Waals surface area contributed by atoms with E-state index >= 15 is 0 Å². The number of aryl methyl sites for hydroxylation is 1. The van der Waals surface area contributed by atoms with Crippen LogP contribution >= 0.6 is 11.3 Å². The molecule has 0 radical (unpaired) electrons. The molecule has 0 fully saturated rings. The van der Waals surface area contributed by atoms with Crippen molar-refractivity contribution < 1.29 is 4.79 Å². The molecule has 2 heterocycles. The van der Waals surface area contributed by atoms with Crippen molar-refractivity contribution in [2.75, 3.05) is 36.5 Å². The van der Waals surface area contributed by atoms with Crippen LogP contribution < -0.4 is 9.80 Å². The number of nitrogens with zero attached hydrogens (tertiary/aromatic N) is 2. The third-order valence-corrected chi connectivity index (χ3v) is 5.23. The number of likely N-dealkylation sites (N-methyl/N-ethyl adjacent to an activating group) is 1. The summed E-state index contributed by atoms with van der Waals surface area (Å²) in [6, 6.07) is 12.3. The van der Waals surface area contributed by atoms with Gasteiger partial charge in [0.1, 0.15) is 0 Å². The van der Waals surface area contributed by atoms with E-state index in [2.05, 4.69) is 42.0 Å². The van der Waals surface area contributed by atoms with Crippen molar-refractivity contribution in [2.24, 2.45) is 0 Å². The number of hydrogen-bond acceptors (Lipinski definition) is 4. The van der Waals surface area contributed by atoms with Crippen molar-refractivity contribution in [3.8, 4) is 0 Å². The summed E-state index contributed by atoms with van der Waals surface area (Å²) in [5, 5.41) is 0. The molecule has 0 saturated heterocycles. The monoisotopic (exact) mass is 300 g/mol. The highest BCUT2D eigenvalue weighted by atomic mass is 32.1. The van der Waals surface area contributed by atoms with Crippen molar-refractivity contribution in [1.29, 1.82) is 0 Å². The third-order valence-electron chi connectivity index (χ3n) is 3.96. The van der Waals surface area contributed by atoms with Crippen LogP contribution in [0.3, 0.4) is 0 Å². The lowest BCUT2D eigenvalue weighted by Gasteiger charge is -2.36. The molecule has 21 heavy (non-hydrogen) atoms. The van der Waals surface area contributed by atoms with Crippen molar-refractivity contribution in [2.45, 2.75) is 13.3 Å². The highest BCUT2D eigenvalue weighted by Gasteiger charge is 2.22. The van der Waals surface area contributed by atoms with Gasteiger partial charge in [-0.15, -0.1) is 11.3 Å².